The Morgan fingerprint density at radius 3 is 1.49 bits per heavy atom. The van der Waals surface area contributed by atoms with Gasteiger partial charge in [0.05, 0.1) is 22.3 Å². The fourth-order valence-electron chi connectivity index (χ4n) is 7.89. The van der Waals surface area contributed by atoms with Gasteiger partial charge in [-0.3, -0.25) is 9.59 Å². The number of rotatable bonds is 9. The van der Waals surface area contributed by atoms with Crippen LogP contribution in [0.4, 0.5) is 0 Å². The highest BCUT2D eigenvalue weighted by molar-refractivity contribution is 7.87. The maximum absolute atomic E-state index is 13.4. The van der Waals surface area contributed by atoms with Crippen LogP contribution in [0.2, 0.25) is 0 Å². The third kappa shape index (κ3) is 4.05. The van der Waals surface area contributed by atoms with Crippen LogP contribution in [0.15, 0.2) is 30.3 Å². The lowest BCUT2D eigenvalue weighted by atomic mass is 9.70. The molecule has 4 atom stereocenters. The van der Waals surface area contributed by atoms with E-state index in [1.807, 2.05) is 27.7 Å². The molecule has 4 aliphatic rings. The molecule has 0 amide bonds. The zero-order chi connectivity index (χ0) is 27.1. The molecule has 0 heterocycles. The minimum Gasteiger partial charge on any atom is -0.299 e. The third-order valence-corrected chi connectivity index (χ3v) is 13.3. The first-order valence-corrected chi connectivity index (χ1v) is 16.1. The fraction of sp³-hybridized carbons (Fsp3) is 0.704. The van der Waals surface area contributed by atoms with E-state index in [-0.39, 0.29) is 29.0 Å². The first kappa shape index (κ1) is 27.0. The van der Waals surface area contributed by atoms with E-state index in [1.54, 1.807) is 18.2 Å². The Bertz CT molecular complexity index is 1250. The molecule has 0 spiro atoms. The van der Waals surface area contributed by atoms with Crippen molar-refractivity contribution in [1.29, 1.82) is 0 Å². The van der Waals surface area contributed by atoms with Crippen molar-refractivity contribution in [2.45, 2.75) is 72.5 Å². The van der Waals surface area contributed by atoms with Crippen molar-refractivity contribution in [1.82, 2.24) is 0 Å². The molecule has 8 nitrogen and oxygen atoms in total. The van der Waals surface area contributed by atoms with E-state index in [1.165, 1.54) is 12.1 Å². The van der Waals surface area contributed by atoms with Crippen LogP contribution < -0.4 is 0 Å². The van der Waals surface area contributed by atoms with Gasteiger partial charge in [0, 0.05) is 18.4 Å². The molecule has 0 aliphatic heterocycles. The summed E-state index contributed by atoms with van der Waals surface area (Å²) >= 11 is 0. The minimum atomic E-state index is -4.38. The van der Waals surface area contributed by atoms with Crippen LogP contribution in [-0.2, 0) is 38.2 Å². The van der Waals surface area contributed by atoms with Gasteiger partial charge in [-0.05, 0) is 48.3 Å². The maximum Gasteiger partial charge on any atom is 0.271 e. The van der Waals surface area contributed by atoms with Crippen LogP contribution >= 0.6 is 0 Å². The topological polar surface area (TPSA) is 121 Å². The lowest BCUT2D eigenvalue weighted by Crippen LogP contribution is -2.44. The van der Waals surface area contributed by atoms with Gasteiger partial charge in [-0.25, -0.2) is 8.37 Å². The number of fused-ring (bicyclic) bond motifs is 4. The first-order valence-electron chi connectivity index (χ1n) is 13.0. The molecule has 1 aromatic carbocycles. The fourth-order valence-corrected chi connectivity index (χ4v) is 11.5. The summed E-state index contributed by atoms with van der Waals surface area (Å²) in [6, 6.07) is 8.01. The van der Waals surface area contributed by atoms with Crippen molar-refractivity contribution in [2.24, 2.45) is 33.5 Å². The SMILES string of the molecule is CC1(C)C2CCC1(CS(=O)(=O)OC(OS(=O)(=O)CC13CCC(CC1=O)C3(C)C)c1ccccc1)C(=O)C2. The Morgan fingerprint density at radius 2 is 1.16 bits per heavy atom. The quantitative estimate of drug-likeness (QED) is 0.331. The van der Waals surface area contributed by atoms with Gasteiger partial charge in [0.15, 0.2) is 0 Å². The van der Waals surface area contributed by atoms with Crippen molar-refractivity contribution in [2.75, 3.05) is 11.5 Å². The number of hydrogen-bond acceptors (Lipinski definition) is 8. The summed E-state index contributed by atoms with van der Waals surface area (Å²) in [4.78, 5) is 25.8. The molecule has 4 aliphatic carbocycles. The molecule has 0 aromatic heterocycles. The van der Waals surface area contributed by atoms with Crippen molar-refractivity contribution in [3.8, 4) is 0 Å². The van der Waals surface area contributed by atoms with Crippen molar-refractivity contribution in [3.05, 3.63) is 35.9 Å². The molecule has 0 radical (unpaired) electrons. The summed E-state index contributed by atoms with van der Waals surface area (Å²) in [5.74, 6) is -0.958. The van der Waals surface area contributed by atoms with E-state index in [9.17, 15) is 26.4 Å². The van der Waals surface area contributed by atoms with Gasteiger partial charge in [-0.2, -0.15) is 16.8 Å². The largest absolute Gasteiger partial charge is 0.299 e. The van der Waals surface area contributed by atoms with Crippen LogP contribution in [0.5, 0.6) is 0 Å². The molecule has 0 saturated heterocycles. The minimum absolute atomic E-state index is 0.0809. The number of benzene rings is 1. The molecular formula is C27H36O8S2. The molecule has 4 saturated carbocycles. The lowest BCUT2D eigenvalue weighted by molar-refractivity contribution is -0.128. The Balaban J connectivity index is 1.41. The van der Waals surface area contributed by atoms with Crippen molar-refractivity contribution >= 4 is 31.8 Å². The van der Waals surface area contributed by atoms with E-state index < -0.39 is 59.7 Å². The van der Waals surface area contributed by atoms with E-state index in [4.69, 9.17) is 8.37 Å². The summed E-state index contributed by atoms with van der Waals surface area (Å²) in [6.07, 6.45) is 1.41. The van der Waals surface area contributed by atoms with Gasteiger partial charge in [-0.1, -0.05) is 58.0 Å². The normalized spacial score (nSPS) is 34.8. The van der Waals surface area contributed by atoms with Crippen LogP contribution in [0.25, 0.3) is 0 Å². The van der Waals surface area contributed by atoms with Gasteiger partial charge >= 0.3 is 0 Å². The van der Waals surface area contributed by atoms with Gasteiger partial charge in [-0.15, -0.1) is 0 Å². The number of hydrogen-bond donors (Lipinski definition) is 0. The molecule has 37 heavy (non-hydrogen) atoms. The number of Topliss-reactive ketones (excluding diaryl/α,β-unsaturated/α-hetero) is 2. The Hall–Kier alpha value is -1.62. The van der Waals surface area contributed by atoms with Crippen molar-refractivity contribution < 1.29 is 34.8 Å². The molecule has 204 valence electrons. The van der Waals surface area contributed by atoms with E-state index in [0.29, 0.717) is 25.7 Å². The molecule has 4 fully saturated rings. The van der Waals surface area contributed by atoms with Crippen LogP contribution in [-0.4, -0.2) is 39.9 Å². The lowest BCUT2D eigenvalue weighted by Gasteiger charge is -2.37. The predicted molar refractivity (Wildman–Crippen MR) is 136 cm³/mol. The average Bonchev–Trinajstić information content (AvgIpc) is 3.31. The van der Waals surface area contributed by atoms with E-state index >= 15 is 0 Å². The molecule has 10 heteroatoms. The predicted octanol–water partition coefficient (Wildman–Crippen LogP) is 4.17. The zero-order valence-corrected chi connectivity index (χ0v) is 23.5. The second-order valence-corrected chi connectivity index (χ2v) is 15.9. The zero-order valence-electron chi connectivity index (χ0n) is 21.9. The highest BCUT2D eigenvalue weighted by Gasteiger charge is 2.67. The van der Waals surface area contributed by atoms with Crippen LogP contribution in [0, 0.1) is 33.5 Å². The van der Waals surface area contributed by atoms with Gasteiger partial charge in [0.25, 0.3) is 20.2 Å². The molecular weight excluding hydrogens is 516 g/mol. The number of ketones is 2. The van der Waals surface area contributed by atoms with E-state index in [2.05, 4.69) is 0 Å². The van der Waals surface area contributed by atoms with Crippen LogP contribution in [0.3, 0.4) is 0 Å². The Kier molecular flexibility index (Phi) is 6.15. The summed E-state index contributed by atoms with van der Waals surface area (Å²) in [6.45, 7) is 7.70. The molecule has 1 aromatic rings. The smallest absolute Gasteiger partial charge is 0.271 e. The van der Waals surface area contributed by atoms with E-state index in [0.717, 1.165) is 12.8 Å². The van der Waals surface area contributed by atoms with Crippen LogP contribution in [0.1, 0.15) is 78.1 Å². The maximum atomic E-state index is 13.4. The van der Waals surface area contributed by atoms with Crippen molar-refractivity contribution in [3.63, 3.8) is 0 Å². The third-order valence-electron chi connectivity index (χ3n) is 10.7. The van der Waals surface area contributed by atoms with Gasteiger partial charge in [0.1, 0.15) is 11.6 Å². The standard InChI is InChI=1S/C27H36O8S2/c1-24(2)19-10-12-26(24,21(28)14-19)16-36(30,31)34-23(18-8-6-5-7-9-18)35-37(32,33)17-27-13-11-20(15-22(27)29)25(27,3)4/h5-9,19-20,23H,10-17H2,1-4H3. The molecule has 4 bridgehead atoms. The number of carbonyl (C=O) groups is 2. The van der Waals surface area contributed by atoms with Gasteiger partial charge in [0.2, 0.25) is 6.29 Å². The summed E-state index contributed by atoms with van der Waals surface area (Å²) in [7, 11) is -8.77. The highest BCUT2D eigenvalue weighted by Crippen LogP contribution is 2.65. The summed E-state index contributed by atoms with van der Waals surface area (Å²) in [5, 5.41) is 0. The number of carbonyl (C=O) groups excluding carboxylic acids is 2. The van der Waals surface area contributed by atoms with Gasteiger partial charge < -0.3 is 0 Å². The Labute approximate surface area is 219 Å². The summed E-state index contributed by atoms with van der Waals surface area (Å²) in [5.41, 5.74) is -2.90. The second kappa shape index (κ2) is 8.44. The molecule has 5 rings (SSSR count). The Morgan fingerprint density at radius 1 is 0.757 bits per heavy atom. The monoisotopic (exact) mass is 552 g/mol. The second-order valence-electron chi connectivity index (χ2n) is 12.7. The first-order chi connectivity index (χ1) is 17.1. The molecule has 4 unspecified atom stereocenters. The molecule has 0 N–H and O–H groups in total. The average molecular weight is 553 g/mol. The summed E-state index contributed by atoms with van der Waals surface area (Å²) < 4.78 is 64.5. The highest BCUT2D eigenvalue weighted by atomic mass is 32.2.